The molecule has 76 valence electrons. The molecular weight excluding hydrogens is 236 g/mol. The van der Waals surface area contributed by atoms with Crippen LogP contribution in [0.15, 0.2) is 24.3 Å². The second-order valence-electron chi connectivity index (χ2n) is 4.28. The third-order valence-corrected chi connectivity index (χ3v) is 4.70. The van der Waals surface area contributed by atoms with E-state index in [2.05, 4.69) is 47.1 Å². The van der Waals surface area contributed by atoms with E-state index in [-0.39, 0.29) is 0 Å². The summed E-state index contributed by atoms with van der Waals surface area (Å²) in [5, 5.41) is 1.10. The second-order valence-corrected chi connectivity index (χ2v) is 4.84. The summed E-state index contributed by atoms with van der Waals surface area (Å²) in [6, 6.07) is 8.96. The van der Waals surface area contributed by atoms with Crippen LogP contribution in [0, 0.1) is 0 Å². The fraction of sp³-hybridized carbons (Fsp3) is 0.538. The summed E-state index contributed by atoms with van der Waals surface area (Å²) in [6.45, 7) is 2.31. The topological polar surface area (TPSA) is 0 Å². The smallest absolute Gasteiger partial charge is 0.0129 e. The van der Waals surface area contributed by atoms with Gasteiger partial charge in [-0.3, -0.25) is 0 Å². The Morgan fingerprint density at radius 3 is 2.86 bits per heavy atom. The lowest BCUT2D eigenvalue weighted by Gasteiger charge is -2.37. The molecule has 0 saturated carbocycles. The molecule has 0 heterocycles. The quantitative estimate of drug-likeness (QED) is 0.697. The Hall–Kier alpha value is -0.300. The molecule has 2 rings (SSSR count). The molecule has 0 fully saturated rings. The van der Waals surface area contributed by atoms with Gasteiger partial charge in [0.05, 0.1) is 0 Å². The molecule has 0 aliphatic heterocycles. The number of rotatable bonds is 2. The van der Waals surface area contributed by atoms with Crippen LogP contribution in [-0.4, -0.2) is 5.33 Å². The molecule has 0 spiro atoms. The van der Waals surface area contributed by atoms with Crippen LogP contribution < -0.4 is 0 Å². The van der Waals surface area contributed by atoms with Crippen molar-refractivity contribution in [3.63, 3.8) is 0 Å². The maximum absolute atomic E-state index is 3.70. The van der Waals surface area contributed by atoms with Crippen molar-refractivity contribution in [2.45, 2.75) is 38.0 Å². The highest BCUT2D eigenvalue weighted by molar-refractivity contribution is 9.09. The average molecular weight is 253 g/mol. The first-order chi connectivity index (χ1) is 6.82. The SMILES string of the molecule is CCC1(CBr)CCCc2ccccc21. The van der Waals surface area contributed by atoms with Gasteiger partial charge in [0, 0.05) is 10.7 Å². The van der Waals surface area contributed by atoms with Crippen molar-refractivity contribution in [2.24, 2.45) is 0 Å². The van der Waals surface area contributed by atoms with E-state index >= 15 is 0 Å². The van der Waals surface area contributed by atoms with E-state index in [4.69, 9.17) is 0 Å². The molecule has 0 radical (unpaired) electrons. The summed E-state index contributed by atoms with van der Waals surface area (Å²) < 4.78 is 0. The Morgan fingerprint density at radius 1 is 1.36 bits per heavy atom. The van der Waals surface area contributed by atoms with Crippen molar-refractivity contribution in [3.05, 3.63) is 35.4 Å². The predicted molar refractivity (Wildman–Crippen MR) is 65.1 cm³/mol. The Labute approximate surface area is 94.8 Å². The minimum atomic E-state index is 0.412. The molecule has 1 aliphatic rings. The van der Waals surface area contributed by atoms with E-state index in [1.165, 1.54) is 25.7 Å². The maximum atomic E-state index is 3.70. The van der Waals surface area contributed by atoms with Gasteiger partial charge >= 0.3 is 0 Å². The van der Waals surface area contributed by atoms with Crippen LogP contribution in [0.4, 0.5) is 0 Å². The number of aryl methyl sites for hydroxylation is 1. The van der Waals surface area contributed by atoms with E-state index < -0.39 is 0 Å². The molecule has 1 unspecified atom stereocenters. The van der Waals surface area contributed by atoms with E-state index in [0.717, 1.165) is 5.33 Å². The second kappa shape index (κ2) is 4.06. The van der Waals surface area contributed by atoms with Crippen LogP contribution in [-0.2, 0) is 11.8 Å². The van der Waals surface area contributed by atoms with Crippen molar-refractivity contribution in [1.82, 2.24) is 0 Å². The van der Waals surface area contributed by atoms with E-state index in [1.807, 2.05) is 0 Å². The summed E-state index contributed by atoms with van der Waals surface area (Å²) in [5.41, 5.74) is 3.57. The van der Waals surface area contributed by atoms with E-state index in [9.17, 15) is 0 Å². The Bertz CT molecular complexity index is 313. The van der Waals surface area contributed by atoms with Gasteiger partial charge in [0.2, 0.25) is 0 Å². The minimum absolute atomic E-state index is 0.412. The minimum Gasteiger partial charge on any atom is -0.0918 e. The highest BCUT2D eigenvalue weighted by atomic mass is 79.9. The third-order valence-electron chi connectivity index (χ3n) is 3.62. The van der Waals surface area contributed by atoms with E-state index in [1.54, 1.807) is 11.1 Å². The molecule has 0 nitrogen and oxygen atoms in total. The molecule has 1 heteroatoms. The van der Waals surface area contributed by atoms with Gasteiger partial charge in [0.25, 0.3) is 0 Å². The van der Waals surface area contributed by atoms with Crippen LogP contribution >= 0.6 is 15.9 Å². The third kappa shape index (κ3) is 1.52. The van der Waals surface area contributed by atoms with E-state index in [0.29, 0.717) is 5.41 Å². The Balaban J connectivity index is 2.48. The zero-order valence-corrected chi connectivity index (χ0v) is 10.3. The van der Waals surface area contributed by atoms with Crippen molar-refractivity contribution in [1.29, 1.82) is 0 Å². The molecule has 1 aliphatic carbocycles. The number of fused-ring (bicyclic) bond motifs is 1. The van der Waals surface area contributed by atoms with Crippen molar-refractivity contribution < 1.29 is 0 Å². The van der Waals surface area contributed by atoms with Gasteiger partial charge < -0.3 is 0 Å². The van der Waals surface area contributed by atoms with Crippen LogP contribution in [0.5, 0.6) is 0 Å². The zero-order chi connectivity index (χ0) is 10.0. The highest BCUT2D eigenvalue weighted by Gasteiger charge is 2.33. The average Bonchev–Trinajstić information content (AvgIpc) is 2.28. The lowest BCUT2D eigenvalue weighted by molar-refractivity contribution is 0.391. The number of hydrogen-bond donors (Lipinski definition) is 0. The molecule has 0 bridgehead atoms. The number of benzene rings is 1. The standard InChI is InChI=1S/C13H17Br/c1-2-13(10-14)9-5-7-11-6-3-4-8-12(11)13/h3-4,6,8H,2,5,7,9-10H2,1H3. The van der Waals surface area contributed by atoms with Gasteiger partial charge in [-0.05, 0) is 36.8 Å². The molecule has 0 amide bonds. The van der Waals surface area contributed by atoms with Crippen LogP contribution in [0.3, 0.4) is 0 Å². The molecular formula is C13H17Br. The van der Waals surface area contributed by atoms with Gasteiger partial charge in [-0.1, -0.05) is 47.1 Å². The zero-order valence-electron chi connectivity index (χ0n) is 8.72. The Morgan fingerprint density at radius 2 is 2.14 bits per heavy atom. The monoisotopic (exact) mass is 252 g/mol. The molecule has 0 N–H and O–H groups in total. The first-order valence-corrected chi connectivity index (χ1v) is 6.59. The van der Waals surface area contributed by atoms with Gasteiger partial charge in [-0.15, -0.1) is 0 Å². The fourth-order valence-corrected chi connectivity index (χ4v) is 3.59. The first kappa shape index (κ1) is 10.2. The summed E-state index contributed by atoms with van der Waals surface area (Å²) in [6.07, 6.45) is 5.20. The molecule has 1 aromatic carbocycles. The summed E-state index contributed by atoms with van der Waals surface area (Å²) in [7, 11) is 0. The predicted octanol–water partition coefficient (Wildman–Crippen LogP) is 4.07. The van der Waals surface area contributed by atoms with Gasteiger partial charge in [-0.25, -0.2) is 0 Å². The van der Waals surface area contributed by atoms with Crippen molar-refractivity contribution in [3.8, 4) is 0 Å². The molecule has 0 aromatic heterocycles. The van der Waals surface area contributed by atoms with Crippen LogP contribution in [0.25, 0.3) is 0 Å². The largest absolute Gasteiger partial charge is 0.0918 e. The van der Waals surface area contributed by atoms with Crippen LogP contribution in [0.2, 0.25) is 0 Å². The normalized spacial score (nSPS) is 25.9. The van der Waals surface area contributed by atoms with Crippen molar-refractivity contribution in [2.75, 3.05) is 5.33 Å². The Kier molecular flexibility index (Phi) is 2.96. The summed E-state index contributed by atoms with van der Waals surface area (Å²) >= 11 is 3.70. The van der Waals surface area contributed by atoms with Crippen LogP contribution in [0.1, 0.15) is 37.3 Å². The molecule has 1 aromatic rings. The molecule has 0 saturated heterocycles. The molecule has 14 heavy (non-hydrogen) atoms. The van der Waals surface area contributed by atoms with Gasteiger partial charge in [0.1, 0.15) is 0 Å². The highest BCUT2D eigenvalue weighted by Crippen LogP contribution is 2.40. The van der Waals surface area contributed by atoms with Gasteiger partial charge in [0.15, 0.2) is 0 Å². The lowest BCUT2D eigenvalue weighted by atomic mass is 9.70. The van der Waals surface area contributed by atoms with Crippen molar-refractivity contribution >= 4 is 15.9 Å². The number of hydrogen-bond acceptors (Lipinski definition) is 0. The maximum Gasteiger partial charge on any atom is 0.0129 e. The molecule has 1 atom stereocenters. The number of halogens is 1. The summed E-state index contributed by atoms with van der Waals surface area (Å²) in [5.74, 6) is 0. The first-order valence-electron chi connectivity index (χ1n) is 5.47. The fourth-order valence-electron chi connectivity index (χ4n) is 2.61. The number of alkyl halides is 1. The lowest BCUT2D eigenvalue weighted by Crippen LogP contribution is -2.31. The summed E-state index contributed by atoms with van der Waals surface area (Å²) in [4.78, 5) is 0. The van der Waals surface area contributed by atoms with Gasteiger partial charge in [-0.2, -0.15) is 0 Å².